The van der Waals surface area contributed by atoms with E-state index in [1.165, 1.54) is 50.1 Å². The molecule has 51 nitrogen and oxygen atoms in total. The van der Waals surface area contributed by atoms with Crippen molar-refractivity contribution >= 4 is 123 Å². The summed E-state index contributed by atoms with van der Waals surface area (Å²) >= 11 is 0. The number of methoxy groups -OCH3 is 1. The van der Waals surface area contributed by atoms with E-state index in [0.717, 1.165) is 10.9 Å². The second-order valence-corrected chi connectivity index (χ2v) is 37.1. The molecule has 51 heteroatoms. The first-order chi connectivity index (χ1) is 71.5. The van der Waals surface area contributed by atoms with E-state index in [4.69, 9.17) is 56.4 Å². The molecule has 150 heavy (non-hydrogen) atoms. The lowest BCUT2D eigenvalue weighted by atomic mass is 10.0. The van der Waals surface area contributed by atoms with Crippen molar-refractivity contribution in [3.8, 4) is 5.75 Å². The van der Waals surface area contributed by atoms with E-state index < -0.39 is 223 Å². The minimum absolute atomic E-state index is 0.00103. The number of aliphatic hydroxyl groups is 19. The average Bonchev–Trinajstić information content (AvgIpc) is 1.77. The number of esters is 1. The van der Waals surface area contributed by atoms with E-state index in [1.54, 1.807) is 73.0 Å². The van der Waals surface area contributed by atoms with Gasteiger partial charge in [-0.15, -0.1) is 0 Å². The monoisotopic (exact) mass is 2120 g/mol. The number of rotatable bonds is 78. The van der Waals surface area contributed by atoms with Crippen LogP contribution in [0.25, 0.3) is 10.9 Å². The van der Waals surface area contributed by atoms with Crippen LogP contribution in [0.3, 0.4) is 0 Å². The van der Waals surface area contributed by atoms with Crippen LogP contribution in [0.15, 0.2) is 130 Å². The number of aliphatic imine (C=N–C) groups is 15. The number of hydrogen-bond donors (Lipinski definition) is 27. The molecule has 30 N–H and O–H groups in total. The number of unbranched alkanes of at least 4 members (excludes halogenated alkanes) is 4. The zero-order valence-electron chi connectivity index (χ0n) is 87.6. The highest BCUT2D eigenvalue weighted by Gasteiger charge is 2.37. The molecule has 3 aromatic rings. The molecule has 1 saturated heterocycles. The van der Waals surface area contributed by atoms with Crippen LogP contribution < -0.4 is 22.5 Å². The summed E-state index contributed by atoms with van der Waals surface area (Å²) in [6.45, 7) is 13.8. The molecular formula is C99H163N23O28. The van der Waals surface area contributed by atoms with Gasteiger partial charge in [-0.3, -0.25) is 25.4 Å². The number of H-pyrrole nitrogens is 1. The zero-order valence-corrected chi connectivity index (χ0v) is 87.6. The number of para-hydroxylation sites is 1. The summed E-state index contributed by atoms with van der Waals surface area (Å²) in [5.41, 5.74) is 19.3. The molecule has 0 bridgehead atoms. The summed E-state index contributed by atoms with van der Waals surface area (Å²) in [6.07, 6.45) is 1.36. The quantitative estimate of drug-likeness (QED) is 0.0109. The van der Waals surface area contributed by atoms with Gasteiger partial charge in [0.15, 0.2) is 24.1 Å². The van der Waals surface area contributed by atoms with Gasteiger partial charge in [0.05, 0.1) is 78.5 Å². The second kappa shape index (κ2) is 71.9. The minimum atomic E-state index is -1.88. The van der Waals surface area contributed by atoms with Gasteiger partial charge in [0.2, 0.25) is 100 Å². The van der Waals surface area contributed by atoms with E-state index in [1.807, 2.05) is 6.07 Å². The van der Waals surface area contributed by atoms with Crippen molar-refractivity contribution in [3.05, 3.63) is 65.9 Å². The Morgan fingerprint density at radius 2 is 0.940 bits per heavy atom. The van der Waals surface area contributed by atoms with Crippen LogP contribution in [0.5, 0.6) is 5.75 Å². The Balaban J connectivity index is 1.63. The van der Waals surface area contributed by atoms with Crippen LogP contribution in [0.1, 0.15) is 182 Å². The van der Waals surface area contributed by atoms with Gasteiger partial charge in [-0.05, 0) is 197 Å². The second-order valence-electron chi connectivity index (χ2n) is 37.1. The van der Waals surface area contributed by atoms with Gasteiger partial charge >= 0.3 is 5.97 Å². The smallest absolute Gasteiger partial charge is 0.320 e. The molecular weight excluding hydrogens is 1960 g/mol. The molecule has 2 aromatic carbocycles. The van der Waals surface area contributed by atoms with Gasteiger partial charge < -0.3 is 163 Å². The Labute approximate surface area is 873 Å². The number of carbonyl (C=O) groups excluding carboxylic acids is 2. The van der Waals surface area contributed by atoms with Crippen LogP contribution in [0, 0.1) is 28.6 Å². The number of nitrogens with two attached hydrogens (primary N) is 3. The van der Waals surface area contributed by atoms with Crippen molar-refractivity contribution < 1.29 is 140 Å². The van der Waals surface area contributed by atoms with Gasteiger partial charge in [0.1, 0.15) is 91.9 Å². The highest BCUT2D eigenvalue weighted by Crippen LogP contribution is 2.27. The average molecular weight is 2120 g/mol. The topological polar surface area (TPSA) is 836 Å². The molecule has 15 atom stereocenters. The third-order valence-corrected chi connectivity index (χ3v) is 22.9. The number of likely N-dealkylation sites (N-methyl/N-ethyl adjacent to an activating group) is 1. The van der Waals surface area contributed by atoms with E-state index in [9.17, 15) is 112 Å². The van der Waals surface area contributed by atoms with Gasteiger partial charge in [0, 0.05) is 50.1 Å². The highest BCUT2D eigenvalue weighted by atomic mass is 16.6. The normalized spacial score (nSPS) is 17.8. The molecule has 0 radical (unpaired) electrons. The van der Waals surface area contributed by atoms with Crippen molar-refractivity contribution in [2.24, 2.45) is 110 Å². The van der Waals surface area contributed by atoms with E-state index >= 15 is 0 Å². The van der Waals surface area contributed by atoms with E-state index in [0.29, 0.717) is 109 Å². The third-order valence-electron chi connectivity index (χ3n) is 22.9. The predicted octanol–water partition coefficient (Wildman–Crippen LogP) is 8.81. The number of carbonyl (C=O) groups is 2. The SMILES string of the molecule is CNCC(=O)OC(Cc1c[nH]c2ccccc12)C(O)=NC(C(O)=NC(CC(C)C)C(O)=NC(CC(=N)O)C(O)=NC(CO)C(O)=NC(C)C(O)=NCC(O)=NC(Cc1ccc(O)cc1)C(O)=NC(CC(C)C)C(O)=NC(CC(C)C)C(O)=NCC(=O)N1CCCC1C(O)=NC(CCCCN)C(O)=NC(CCCCN)C(O)=NC(CCCCN=C(O)COCCOCCOCCOCCOC)C(O)=NC(CCCCN)C(=N)O)C(C)O. The number of amides is 1. The van der Waals surface area contributed by atoms with Gasteiger partial charge in [0.25, 0.3) is 0 Å². The first-order valence-corrected chi connectivity index (χ1v) is 50.5. The van der Waals surface area contributed by atoms with Crippen LogP contribution in [-0.4, -0.2) is 447 Å². The number of aromatic nitrogens is 1. The number of phenols is 1. The summed E-state index contributed by atoms with van der Waals surface area (Å²) in [6, 6.07) is -6.06. The third kappa shape index (κ3) is 50.3. The lowest BCUT2D eigenvalue weighted by Gasteiger charge is -2.24. The highest BCUT2D eigenvalue weighted by molar-refractivity contribution is 5.97. The predicted molar refractivity (Wildman–Crippen MR) is 579 cm³/mol. The fraction of sp³-hybridized carbons (Fsp3) is 0.667. The van der Waals surface area contributed by atoms with Crippen LogP contribution in [-0.2, 0) is 50.9 Å². The maximum absolute atomic E-state index is 14.3. The number of nitrogens with zero attached hydrogens (tertiary/aromatic N) is 16. The van der Waals surface area contributed by atoms with Crippen molar-refractivity contribution in [2.45, 2.75) is 275 Å². The number of nitrogens with one attached hydrogen (secondary N) is 4. The first-order valence-electron chi connectivity index (χ1n) is 50.5. The molecule has 842 valence electrons. The van der Waals surface area contributed by atoms with Crippen LogP contribution in [0.2, 0.25) is 0 Å². The molecule has 1 aromatic heterocycles. The summed E-state index contributed by atoms with van der Waals surface area (Å²) in [5.74, 6) is -15.9. The maximum atomic E-state index is 14.3. The standard InChI is InChI=1S/C99H163N23O28/c1-58(2)46-72(88(133)109-54-83(129)122-37-21-28-78(122)97(142)115-71(26-15-19-35-102)91(136)113-69(25-14-18-34-101)90(135)114-70(89(134)112-68(86(104)131)24-13-17-33-100)27-16-20-36-106-82(128)57-149-45-44-148-43-42-147-41-40-146-39-38-145-10)116-92(137)73(47-59(3)4)117-94(139)75(49-63-29-31-65(125)32-30-63)111-81(127)53-108-87(132)61(7)110-96(141)77(56-123)120-95(140)76(51-80(103)126)118-93(138)74(48-60(5)6)119-99(144)85(62(8)124)121-98(143)79(150-84(130)55-105-9)50-64-52-107-67-23-12-11-22-66(64)67/h11-12,22-23,29-32,52,58-62,68-79,85,105,107,123-125H,13-21,24-28,33-51,53-57,100-102H2,1-10H3,(H2,103,126)(H2,104,131)(H,106,128)(H,108,132)(H,109,133)(H,110,141)(H,111,127)(H,112,134)(H,113,136)(H,114,135)(H,115,142)(H,116,137)(H,117,139)(H,118,138)(H,119,144)(H,120,140)(H,121,143). The maximum Gasteiger partial charge on any atom is 0.320 e. The molecule has 1 amide bonds. The molecule has 2 heterocycles. The van der Waals surface area contributed by atoms with Crippen LogP contribution >= 0.6 is 0 Å². The molecule has 0 aliphatic carbocycles. The van der Waals surface area contributed by atoms with Crippen molar-refractivity contribution in [3.63, 3.8) is 0 Å². The number of fused-ring (bicyclic) bond motifs is 1. The summed E-state index contributed by atoms with van der Waals surface area (Å²) in [4.78, 5) is 95.0. The number of aromatic amines is 1. The summed E-state index contributed by atoms with van der Waals surface area (Å²) < 4.78 is 32.3. The Kier molecular flexibility index (Phi) is 62.1. The van der Waals surface area contributed by atoms with Crippen molar-refractivity contribution in [1.82, 2.24) is 15.2 Å². The molecule has 4 rings (SSSR count). The number of likely N-dealkylation sites (tertiary alicyclic amines) is 1. The van der Waals surface area contributed by atoms with Gasteiger partial charge in [-0.25, -0.2) is 69.9 Å². The number of aliphatic hydroxyl groups excluding tert-OH is 19. The zero-order chi connectivity index (χ0) is 111. The Morgan fingerprint density at radius 1 is 0.480 bits per heavy atom. The number of benzene rings is 2. The lowest BCUT2D eigenvalue weighted by molar-refractivity contribution is -0.145. The Hall–Kier alpha value is -12.7. The molecule has 1 aliphatic rings. The largest absolute Gasteiger partial charge is 0.508 e. The number of phenolic OH excluding ortho intramolecular Hbond substituents is 1. The molecule has 0 saturated carbocycles. The van der Waals surface area contributed by atoms with E-state index in [2.05, 4.69) is 85.2 Å². The number of hydrogen-bond acceptors (Lipinski definition) is 32. The molecule has 1 aliphatic heterocycles. The van der Waals surface area contributed by atoms with Gasteiger partial charge in [-0.1, -0.05) is 71.9 Å². The minimum Gasteiger partial charge on any atom is -0.508 e. The Bertz CT molecular complexity index is 5020. The van der Waals surface area contributed by atoms with E-state index in [-0.39, 0.29) is 153 Å². The van der Waals surface area contributed by atoms with Crippen LogP contribution in [0.4, 0.5) is 0 Å². The first kappa shape index (κ1) is 130. The molecule has 15 unspecified atom stereocenters. The van der Waals surface area contributed by atoms with Gasteiger partial charge in [-0.2, -0.15) is 0 Å². The molecule has 1 fully saturated rings. The fourth-order valence-electron chi connectivity index (χ4n) is 15.1. The Morgan fingerprint density at radius 3 is 1.46 bits per heavy atom. The lowest BCUT2D eigenvalue weighted by Crippen LogP contribution is -2.42. The summed E-state index contributed by atoms with van der Waals surface area (Å²) in [7, 11) is 3.09. The number of ether oxygens (including phenoxy) is 6. The fourth-order valence-corrected chi connectivity index (χ4v) is 15.1. The van der Waals surface area contributed by atoms with Crippen molar-refractivity contribution in [1.29, 1.82) is 10.8 Å². The summed E-state index contributed by atoms with van der Waals surface area (Å²) in [5, 5.41) is 245. The molecule has 0 spiro atoms. The number of aromatic hydroxyl groups is 1. The van der Waals surface area contributed by atoms with Crippen molar-refractivity contribution in [2.75, 3.05) is 133 Å².